The number of pyridine rings is 1. The van der Waals surface area contributed by atoms with Crippen LogP contribution >= 0.6 is 0 Å². The first-order chi connectivity index (χ1) is 15.9. The quantitative estimate of drug-likeness (QED) is 0.535. The molecule has 1 aromatic carbocycles. The van der Waals surface area contributed by atoms with E-state index in [4.69, 9.17) is 16.3 Å². The number of nitrogens with zero attached hydrogens (tertiary/aromatic N) is 4. The predicted octanol–water partition coefficient (Wildman–Crippen LogP) is 1.10. The van der Waals surface area contributed by atoms with Crippen molar-refractivity contribution >= 4 is 16.7 Å². The van der Waals surface area contributed by atoms with Gasteiger partial charge in [-0.05, 0) is 31.9 Å². The summed E-state index contributed by atoms with van der Waals surface area (Å²) in [5.41, 5.74) is 6.36. The number of halogens is 1. The van der Waals surface area contributed by atoms with Crippen LogP contribution in [0.2, 0.25) is 0 Å². The zero-order chi connectivity index (χ0) is 23.3. The minimum Gasteiger partial charge on any atom is -0.492 e. The minimum absolute atomic E-state index is 0.00755. The van der Waals surface area contributed by atoms with E-state index in [1.807, 2.05) is 42.2 Å². The summed E-state index contributed by atoms with van der Waals surface area (Å²) in [6.07, 6.45) is 1.97. The van der Waals surface area contributed by atoms with E-state index in [9.17, 15) is 9.59 Å². The largest absolute Gasteiger partial charge is 0.492 e. The number of rotatable bonds is 6. The third-order valence-corrected chi connectivity index (χ3v) is 6.60. The van der Waals surface area contributed by atoms with Crippen LogP contribution in [0.1, 0.15) is 24.4 Å². The molecule has 2 fully saturated rings. The Morgan fingerprint density at radius 1 is 1.21 bits per heavy atom. The molecule has 9 nitrogen and oxygen atoms in total. The van der Waals surface area contributed by atoms with E-state index in [-0.39, 0.29) is 24.6 Å². The van der Waals surface area contributed by atoms with Crippen molar-refractivity contribution < 1.29 is 9.13 Å². The van der Waals surface area contributed by atoms with E-state index in [1.165, 1.54) is 6.20 Å². The highest BCUT2D eigenvalue weighted by molar-refractivity contribution is 5.84. The Kier molecular flexibility index (Phi) is 5.32. The molecule has 1 saturated carbocycles. The van der Waals surface area contributed by atoms with Crippen LogP contribution in [-0.2, 0) is 0 Å². The lowest BCUT2D eigenvalue weighted by molar-refractivity contribution is 0.196. The van der Waals surface area contributed by atoms with Gasteiger partial charge >= 0.3 is 5.69 Å². The molecule has 0 spiro atoms. The lowest BCUT2D eigenvalue weighted by Gasteiger charge is -2.23. The van der Waals surface area contributed by atoms with Crippen molar-refractivity contribution in [1.29, 1.82) is 0 Å². The number of ether oxygens (including phenoxy) is 1. The van der Waals surface area contributed by atoms with Gasteiger partial charge in [-0.2, -0.15) is 4.68 Å². The minimum atomic E-state index is -1.15. The number of benzene rings is 1. The number of hydrogen-bond donors (Lipinski definition) is 2. The van der Waals surface area contributed by atoms with Crippen LogP contribution in [-0.4, -0.2) is 46.1 Å². The molecule has 3 atom stereocenters. The molecular formula is C23H27FN6O3. The van der Waals surface area contributed by atoms with Gasteiger partial charge in [0.1, 0.15) is 24.3 Å². The number of nitrogen functional groups attached to an aromatic ring is 1. The predicted molar refractivity (Wildman–Crippen MR) is 124 cm³/mol. The first-order valence-corrected chi connectivity index (χ1v) is 11.1. The molecule has 2 aliphatic rings. The molecule has 1 aliphatic heterocycles. The Bertz CT molecular complexity index is 1300. The number of aromatic nitrogens is 3. The fourth-order valence-corrected chi connectivity index (χ4v) is 4.68. The van der Waals surface area contributed by atoms with Crippen LogP contribution in [0.5, 0.6) is 5.75 Å². The summed E-state index contributed by atoms with van der Waals surface area (Å²) in [5, 5.41) is 0.283. The van der Waals surface area contributed by atoms with E-state index >= 15 is 4.39 Å². The van der Waals surface area contributed by atoms with Crippen LogP contribution in [0.15, 0.2) is 46.1 Å². The van der Waals surface area contributed by atoms with Crippen LogP contribution in [0, 0.1) is 12.8 Å². The second kappa shape index (κ2) is 8.18. The highest BCUT2D eigenvalue weighted by Gasteiger charge is 2.39. The first-order valence-electron chi connectivity index (χ1n) is 11.1. The van der Waals surface area contributed by atoms with Gasteiger partial charge in [0.05, 0.1) is 17.4 Å². The van der Waals surface area contributed by atoms with Gasteiger partial charge in [-0.25, -0.2) is 14.2 Å². The summed E-state index contributed by atoms with van der Waals surface area (Å²) >= 11 is 0. The van der Waals surface area contributed by atoms with Gasteiger partial charge < -0.3 is 21.2 Å². The Morgan fingerprint density at radius 2 is 1.94 bits per heavy atom. The second-order valence-electron chi connectivity index (χ2n) is 8.90. The molecular weight excluding hydrogens is 427 g/mol. The number of para-hydroxylation sites is 1. The van der Waals surface area contributed by atoms with Crippen molar-refractivity contribution in [2.45, 2.75) is 38.0 Å². The molecule has 3 unspecified atom stereocenters. The molecule has 10 heteroatoms. The van der Waals surface area contributed by atoms with Crippen LogP contribution < -0.4 is 32.5 Å². The number of alkyl halides is 1. The Morgan fingerprint density at radius 3 is 2.64 bits per heavy atom. The molecule has 0 amide bonds. The van der Waals surface area contributed by atoms with E-state index in [0.717, 1.165) is 12.8 Å². The maximum atomic E-state index is 15.0. The van der Waals surface area contributed by atoms with Crippen molar-refractivity contribution in [3.8, 4) is 5.75 Å². The third kappa shape index (κ3) is 3.74. The summed E-state index contributed by atoms with van der Waals surface area (Å²) in [6.45, 7) is 2.50. The average Bonchev–Trinajstić information content (AvgIpc) is 3.58. The van der Waals surface area contributed by atoms with Crippen molar-refractivity contribution in [2.24, 2.45) is 11.7 Å². The summed E-state index contributed by atoms with van der Waals surface area (Å²) in [4.78, 5) is 31.6. The van der Waals surface area contributed by atoms with Crippen molar-refractivity contribution in [3.63, 3.8) is 0 Å². The van der Waals surface area contributed by atoms with Gasteiger partial charge in [-0.1, -0.05) is 18.2 Å². The van der Waals surface area contributed by atoms with Crippen molar-refractivity contribution in [2.75, 3.05) is 30.4 Å². The average molecular weight is 455 g/mol. The molecule has 5 rings (SSSR count). The molecule has 3 aromatic rings. The molecule has 33 heavy (non-hydrogen) atoms. The third-order valence-electron chi connectivity index (χ3n) is 6.60. The zero-order valence-electron chi connectivity index (χ0n) is 18.4. The van der Waals surface area contributed by atoms with Crippen LogP contribution in [0.3, 0.4) is 0 Å². The fraction of sp³-hybridized carbons (Fsp3) is 0.435. The first kappa shape index (κ1) is 21.4. The molecule has 174 valence electrons. The Hall–Kier alpha value is -3.40. The van der Waals surface area contributed by atoms with Crippen molar-refractivity contribution in [1.82, 2.24) is 14.2 Å². The monoisotopic (exact) mass is 454 g/mol. The number of fused-ring (bicyclic) bond motifs is 1. The highest BCUT2D eigenvalue weighted by atomic mass is 19.1. The van der Waals surface area contributed by atoms with Crippen molar-refractivity contribution in [3.05, 3.63) is 62.9 Å². The van der Waals surface area contributed by atoms with Crippen LogP contribution in [0.25, 0.3) is 10.9 Å². The van der Waals surface area contributed by atoms with E-state index in [0.29, 0.717) is 33.9 Å². The second-order valence-corrected chi connectivity index (χ2v) is 8.90. The van der Waals surface area contributed by atoms with Gasteiger partial charge in [0.2, 0.25) is 0 Å². The van der Waals surface area contributed by atoms with Gasteiger partial charge in [-0.15, -0.1) is 0 Å². The van der Waals surface area contributed by atoms with Gasteiger partial charge in [0.15, 0.2) is 0 Å². The fourth-order valence-electron chi connectivity index (χ4n) is 4.68. The van der Waals surface area contributed by atoms with E-state index in [1.54, 1.807) is 4.57 Å². The lowest BCUT2D eigenvalue weighted by Crippen LogP contribution is -2.44. The molecule has 0 radical (unpaired) electrons. The standard InChI is InChI=1S/C23H27FN6O3/c1-13-20-16(22(31)30(26)23(32)29(20)14-7-8-14)9-27-21(13)28-10-17(18(24)11-28)19(25)12-33-15-5-3-2-4-6-15/h2-6,9,14,17-19H,7-8,10-12,25-26H2,1H3. The topological polar surface area (TPSA) is 121 Å². The maximum absolute atomic E-state index is 15.0. The Labute approximate surface area is 189 Å². The number of anilines is 1. The maximum Gasteiger partial charge on any atom is 0.350 e. The molecule has 1 saturated heterocycles. The lowest BCUT2D eigenvalue weighted by atomic mass is 9.99. The zero-order valence-corrected chi connectivity index (χ0v) is 18.4. The Balaban J connectivity index is 1.43. The van der Waals surface area contributed by atoms with E-state index < -0.39 is 29.4 Å². The number of hydrogen-bond acceptors (Lipinski definition) is 7. The summed E-state index contributed by atoms with van der Waals surface area (Å²) < 4.78 is 23.0. The van der Waals surface area contributed by atoms with E-state index in [2.05, 4.69) is 4.98 Å². The molecule has 4 N–H and O–H groups in total. The number of aryl methyl sites for hydroxylation is 1. The summed E-state index contributed by atoms with van der Waals surface area (Å²) in [7, 11) is 0. The molecule has 2 aromatic heterocycles. The van der Waals surface area contributed by atoms with Crippen LogP contribution in [0.4, 0.5) is 10.2 Å². The van der Waals surface area contributed by atoms with Gasteiger partial charge in [-0.3, -0.25) is 9.36 Å². The smallest absolute Gasteiger partial charge is 0.350 e. The normalized spacial score (nSPS) is 21.5. The molecule has 3 heterocycles. The van der Waals surface area contributed by atoms with Gasteiger partial charge in [0.25, 0.3) is 5.56 Å². The molecule has 0 bridgehead atoms. The van der Waals surface area contributed by atoms with Gasteiger partial charge in [0, 0.05) is 36.3 Å². The highest BCUT2D eigenvalue weighted by Crippen LogP contribution is 2.37. The summed E-state index contributed by atoms with van der Waals surface area (Å²) in [6, 6.07) is 8.79. The SMILES string of the molecule is Cc1c(N2CC(F)C(C(N)COc3ccccc3)C2)ncc2c(=O)n(N)c(=O)n(C3CC3)c12. The summed E-state index contributed by atoms with van der Waals surface area (Å²) in [5.74, 6) is 6.52. The molecule has 1 aliphatic carbocycles. The number of nitrogens with two attached hydrogens (primary N) is 2.